The highest BCUT2D eigenvalue weighted by atomic mass is 79.9. The molecule has 3 heteroatoms. The van der Waals surface area contributed by atoms with Crippen LogP contribution in [0.5, 0.6) is 0 Å². The first-order valence-electron chi connectivity index (χ1n) is 6.69. The van der Waals surface area contributed by atoms with Crippen molar-refractivity contribution >= 4 is 21.7 Å². The van der Waals surface area contributed by atoms with Crippen LogP contribution in [-0.4, -0.2) is 11.5 Å². The Kier molecular flexibility index (Phi) is 3.37. The molecule has 17 heavy (non-hydrogen) atoms. The van der Waals surface area contributed by atoms with Gasteiger partial charge in [0, 0.05) is 17.2 Å². The molecule has 2 aliphatic rings. The monoisotopic (exact) mass is 294 g/mol. The standard InChI is InChI=1S/C14H19BrN2/c15-13-7-12(6-5-10-1-2-10)14(17-9-13)16-8-11-3-4-11/h7,9-11H,1-6,8H2,(H,16,17). The van der Waals surface area contributed by atoms with E-state index in [2.05, 4.69) is 32.3 Å². The van der Waals surface area contributed by atoms with Gasteiger partial charge in [-0.2, -0.15) is 0 Å². The van der Waals surface area contributed by atoms with Crippen molar-refractivity contribution in [2.45, 2.75) is 38.5 Å². The lowest BCUT2D eigenvalue weighted by molar-refractivity contribution is 0.724. The van der Waals surface area contributed by atoms with Crippen molar-refractivity contribution in [1.29, 1.82) is 0 Å². The highest BCUT2D eigenvalue weighted by molar-refractivity contribution is 9.10. The fourth-order valence-corrected chi connectivity index (χ4v) is 2.54. The summed E-state index contributed by atoms with van der Waals surface area (Å²) in [5.41, 5.74) is 1.38. The lowest BCUT2D eigenvalue weighted by atomic mass is 10.1. The molecule has 2 nitrogen and oxygen atoms in total. The van der Waals surface area contributed by atoms with Crippen molar-refractivity contribution in [2.24, 2.45) is 11.8 Å². The van der Waals surface area contributed by atoms with E-state index in [0.29, 0.717) is 0 Å². The normalized spacial score (nSPS) is 19.4. The van der Waals surface area contributed by atoms with E-state index in [9.17, 15) is 0 Å². The first-order valence-corrected chi connectivity index (χ1v) is 7.49. The summed E-state index contributed by atoms with van der Waals surface area (Å²) >= 11 is 3.52. The minimum Gasteiger partial charge on any atom is -0.370 e. The number of anilines is 1. The van der Waals surface area contributed by atoms with Gasteiger partial charge in [-0.1, -0.05) is 12.8 Å². The molecule has 1 N–H and O–H groups in total. The van der Waals surface area contributed by atoms with E-state index in [1.807, 2.05) is 6.20 Å². The number of hydrogen-bond donors (Lipinski definition) is 1. The Morgan fingerprint density at radius 3 is 2.71 bits per heavy atom. The van der Waals surface area contributed by atoms with Crippen LogP contribution in [0.25, 0.3) is 0 Å². The van der Waals surface area contributed by atoms with Crippen LogP contribution in [0.1, 0.15) is 37.7 Å². The van der Waals surface area contributed by atoms with Crippen LogP contribution in [-0.2, 0) is 6.42 Å². The molecule has 92 valence electrons. The van der Waals surface area contributed by atoms with E-state index in [-0.39, 0.29) is 0 Å². The number of nitrogens with one attached hydrogen (secondary N) is 1. The average Bonchev–Trinajstić information content (AvgIpc) is 3.18. The summed E-state index contributed by atoms with van der Waals surface area (Å²) in [4.78, 5) is 4.52. The van der Waals surface area contributed by atoms with Crippen LogP contribution in [0, 0.1) is 11.8 Å². The van der Waals surface area contributed by atoms with E-state index in [0.717, 1.165) is 28.7 Å². The molecule has 0 unspecified atom stereocenters. The highest BCUT2D eigenvalue weighted by Crippen LogP contribution is 2.35. The molecular formula is C14H19BrN2. The fraction of sp³-hybridized carbons (Fsp3) is 0.643. The third-order valence-corrected chi connectivity index (χ3v) is 4.14. The van der Waals surface area contributed by atoms with Crippen LogP contribution in [0.3, 0.4) is 0 Å². The molecule has 0 aliphatic heterocycles. The van der Waals surface area contributed by atoms with Gasteiger partial charge in [0.1, 0.15) is 5.82 Å². The minimum absolute atomic E-state index is 0.900. The first kappa shape index (κ1) is 11.5. The van der Waals surface area contributed by atoms with Crippen molar-refractivity contribution in [1.82, 2.24) is 4.98 Å². The van der Waals surface area contributed by atoms with E-state index in [1.165, 1.54) is 44.1 Å². The Bertz CT molecular complexity index is 397. The summed E-state index contributed by atoms with van der Waals surface area (Å²) < 4.78 is 1.10. The van der Waals surface area contributed by atoms with Crippen molar-refractivity contribution < 1.29 is 0 Å². The number of nitrogens with zero attached hydrogens (tertiary/aromatic N) is 1. The average molecular weight is 295 g/mol. The van der Waals surface area contributed by atoms with Crippen LogP contribution < -0.4 is 5.32 Å². The maximum Gasteiger partial charge on any atom is 0.129 e. The van der Waals surface area contributed by atoms with Crippen molar-refractivity contribution in [2.75, 3.05) is 11.9 Å². The zero-order valence-corrected chi connectivity index (χ0v) is 11.7. The molecule has 0 aromatic carbocycles. The van der Waals surface area contributed by atoms with Gasteiger partial charge in [0.25, 0.3) is 0 Å². The first-order chi connectivity index (χ1) is 8.31. The number of pyridine rings is 1. The second-order valence-corrected chi connectivity index (χ2v) is 6.38. The quantitative estimate of drug-likeness (QED) is 0.857. The Balaban J connectivity index is 1.64. The SMILES string of the molecule is Brc1cnc(NCC2CC2)c(CCC2CC2)c1. The molecule has 2 aliphatic carbocycles. The molecule has 0 amide bonds. The van der Waals surface area contributed by atoms with Crippen LogP contribution in [0.2, 0.25) is 0 Å². The summed E-state index contributed by atoms with van der Waals surface area (Å²) in [5.74, 6) is 3.00. The molecule has 2 fully saturated rings. The van der Waals surface area contributed by atoms with Gasteiger partial charge in [0.2, 0.25) is 0 Å². The molecule has 0 spiro atoms. The Morgan fingerprint density at radius 2 is 2.00 bits per heavy atom. The maximum absolute atomic E-state index is 4.52. The summed E-state index contributed by atoms with van der Waals surface area (Å²) in [7, 11) is 0. The lowest BCUT2D eigenvalue weighted by Gasteiger charge is -2.11. The van der Waals surface area contributed by atoms with Gasteiger partial charge in [-0.15, -0.1) is 0 Å². The second-order valence-electron chi connectivity index (χ2n) is 5.47. The van der Waals surface area contributed by atoms with Crippen molar-refractivity contribution in [3.05, 3.63) is 22.3 Å². The van der Waals surface area contributed by atoms with E-state index in [1.54, 1.807) is 0 Å². The van der Waals surface area contributed by atoms with E-state index in [4.69, 9.17) is 0 Å². The van der Waals surface area contributed by atoms with Crippen molar-refractivity contribution in [3.63, 3.8) is 0 Å². The minimum atomic E-state index is 0.900. The molecule has 0 bridgehead atoms. The fourth-order valence-electron chi connectivity index (χ4n) is 2.16. The molecule has 3 rings (SSSR count). The van der Waals surface area contributed by atoms with Gasteiger partial charge < -0.3 is 5.32 Å². The largest absolute Gasteiger partial charge is 0.370 e. The van der Waals surface area contributed by atoms with Gasteiger partial charge >= 0.3 is 0 Å². The van der Waals surface area contributed by atoms with Gasteiger partial charge in [0.15, 0.2) is 0 Å². The van der Waals surface area contributed by atoms with Gasteiger partial charge in [-0.3, -0.25) is 0 Å². The highest BCUT2D eigenvalue weighted by Gasteiger charge is 2.23. The van der Waals surface area contributed by atoms with Gasteiger partial charge in [-0.05, 0) is 65.1 Å². The van der Waals surface area contributed by atoms with Gasteiger partial charge in [0.05, 0.1) is 0 Å². The zero-order valence-electron chi connectivity index (χ0n) is 10.1. The van der Waals surface area contributed by atoms with Crippen LogP contribution >= 0.6 is 15.9 Å². The zero-order chi connectivity index (χ0) is 11.7. The van der Waals surface area contributed by atoms with Crippen LogP contribution in [0.4, 0.5) is 5.82 Å². The molecule has 1 aromatic rings. The third kappa shape index (κ3) is 3.44. The van der Waals surface area contributed by atoms with Crippen molar-refractivity contribution in [3.8, 4) is 0 Å². The molecule has 1 aromatic heterocycles. The number of aryl methyl sites for hydroxylation is 1. The Morgan fingerprint density at radius 1 is 1.24 bits per heavy atom. The predicted octanol–water partition coefficient (Wildman–Crippen LogP) is 4.01. The Hall–Kier alpha value is -0.570. The Labute approximate surface area is 111 Å². The van der Waals surface area contributed by atoms with E-state index < -0.39 is 0 Å². The maximum atomic E-state index is 4.52. The summed E-state index contributed by atoms with van der Waals surface area (Å²) in [5, 5.41) is 3.51. The second kappa shape index (κ2) is 4.97. The molecule has 0 saturated heterocycles. The third-order valence-electron chi connectivity index (χ3n) is 3.71. The lowest BCUT2D eigenvalue weighted by Crippen LogP contribution is -2.08. The molecule has 2 saturated carbocycles. The van der Waals surface area contributed by atoms with Gasteiger partial charge in [-0.25, -0.2) is 4.98 Å². The smallest absolute Gasteiger partial charge is 0.129 e. The predicted molar refractivity (Wildman–Crippen MR) is 74.2 cm³/mol. The molecular weight excluding hydrogens is 276 g/mol. The number of hydrogen-bond acceptors (Lipinski definition) is 2. The molecule has 0 radical (unpaired) electrons. The number of halogens is 1. The summed E-state index contributed by atoms with van der Waals surface area (Å²) in [6, 6.07) is 2.23. The summed E-state index contributed by atoms with van der Waals surface area (Å²) in [6.45, 7) is 1.10. The van der Waals surface area contributed by atoms with Crippen LogP contribution in [0.15, 0.2) is 16.7 Å². The topological polar surface area (TPSA) is 24.9 Å². The summed E-state index contributed by atoms with van der Waals surface area (Å²) in [6.07, 6.45) is 10.1. The number of aromatic nitrogens is 1. The molecule has 1 heterocycles. The number of rotatable bonds is 6. The molecule has 0 atom stereocenters. The van der Waals surface area contributed by atoms with E-state index >= 15 is 0 Å².